The van der Waals surface area contributed by atoms with Gasteiger partial charge in [0.2, 0.25) is 5.91 Å². The first kappa shape index (κ1) is 45.0. The number of rotatable bonds is 33. The highest BCUT2D eigenvalue weighted by Crippen LogP contribution is 2.42. The van der Waals surface area contributed by atoms with Crippen molar-refractivity contribution < 1.29 is 37.9 Å². The van der Waals surface area contributed by atoms with Crippen LogP contribution in [0.2, 0.25) is 0 Å². The second kappa shape index (κ2) is 33.9. The minimum atomic E-state index is -4.41. The molecule has 0 spiro atoms. The SMILES string of the molecule is CCCCC/C=C\C/C=C\C/C=C\C/C=C\CCCCCC(=O)OCC(O)COP(=O)(O)OCCNC(=O)CCCCCCCCC. The molecule has 3 N–H and O–H groups in total. The summed E-state index contributed by atoms with van der Waals surface area (Å²) in [5, 5.41) is 12.6. The number of phosphoric acid groups is 1. The maximum Gasteiger partial charge on any atom is 0.472 e. The van der Waals surface area contributed by atoms with Gasteiger partial charge in [0.05, 0.1) is 13.2 Å². The van der Waals surface area contributed by atoms with Crippen LogP contribution in [0.5, 0.6) is 0 Å². The lowest BCUT2D eigenvalue weighted by molar-refractivity contribution is -0.147. The maximum absolute atomic E-state index is 12.0. The van der Waals surface area contributed by atoms with Crippen LogP contribution in [-0.4, -0.2) is 54.3 Å². The molecule has 0 radical (unpaired) electrons. The fourth-order valence-electron chi connectivity index (χ4n) is 4.48. The number of hydrogen-bond acceptors (Lipinski definition) is 7. The van der Waals surface area contributed by atoms with Crippen LogP contribution in [0.1, 0.15) is 142 Å². The van der Waals surface area contributed by atoms with Gasteiger partial charge in [-0.15, -0.1) is 0 Å². The van der Waals surface area contributed by atoms with Gasteiger partial charge < -0.3 is 20.1 Å². The molecule has 0 heterocycles. The molecule has 47 heavy (non-hydrogen) atoms. The van der Waals surface area contributed by atoms with Crippen molar-refractivity contribution in [3.05, 3.63) is 48.6 Å². The van der Waals surface area contributed by atoms with E-state index in [4.69, 9.17) is 13.8 Å². The van der Waals surface area contributed by atoms with E-state index in [1.54, 1.807) is 0 Å². The molecule has 0 aromatic heterocycles. The molecule has 9 nitrogen and oxygen atoms in total. The van der Waals surface area contributed by atoms with Gasteiger partial charge in [-0.25, -0.2) is 4.57 Å². The second-order valence-electron chi connectivity index (χ2n) is 11.8. The molecule has 0 aliphatic heterocycles. The number of carbonyl (C=O) groups is 2. The monoisotopic (exact) mass is 683 g/mol. The Balaban J connectivity index is 3.71. The maximum atomic E-state index is 12.0. The fourth-order valence-corrected chi connectivity index (χ4v) is 5.24. The standard InChI is InChI=1S/C37H66NO8P/c1-3-5-7-9-11-12-13-14-15-16-17-18-19-20-21-22-24-26-28-30-37(41)44-33-35(39)34-46-47(42,43)45-32-31-38-36(40)29-27-25-23-10-8-6-4-2/h11-12,14-15,17-18,20-21,35,39H,3-10,13,16,19,22-34H2,1-2H3,(H,38,40)(H,42,43)/b12-11-,15-14-,18-17-,21-20-. The molecular weight excluding hydrogens is 617 g/mol. The summed E-state index contributed by atoms with van der Waals surface area (Å²) in [7, 11) is -4.41. The van der Waals surface area contributed by atoms with E-state index >= 15 is 0 Å². The third kappa shape index (κ3) is 35.1. The number of aliphatic hydroxyl groups is 1. The lowest BCUT2D eigenvalue weighted by atomic mass is 10.1. The van der Waals surface area contributed by atoms with Crippen molar-refractivity contribution in [3.8, 4) is 0 Å². The number of amides is 1. The second-order valence-corrected chi connectivity index (χ2v) is 13.3. The van der Waals surface area contributed by atoms with E-state index in [9.17, 15) is 24.2 Å². The number of carbonyl (C=O) groups excluding carboxylic acids is 2. The quantitative estimate of drug-likeness (QED) is 0.0270. The Hall–Kier alpha value is -2.03. The number of unbranched alkanes of at least 4 members (excludes halogenated alkanes) is 12. The summed E-state index contributed by atoms with van der Waals surface area (Å²) in [6.07, 6.45) is 36.3. The van der Waals surface area contributed by atoms with Crippen molar-refractivity contribution in [2.45, 2.75) is 148 Å². The van der Waals surface area contributed by atoms with Crippen molar-refractivity contribution in [2.24, 2.45) is 0 Å². The van der Waals surface area contributed by atoms with Crippen molar-refractivity contribution in [1.29, 1.82) is 0 Å². The van der Waals surface area contributed by atoms with Crippen LogP contribution >= 0.6 is 7.82 Å². The summed E-state index contributed by atoms with van der Waals surface area (Å²) in [6, 6.07) is 0. The summed E-state index contributed by atoms with van der Waals surface area (Å²) in [5.74, 6) is -0.558. The zero-order chi connectivity index (χ0) is 34.7. The Morgan fingerprint density at radius 1 is 0.660 bits per heavy atom. The Bertz CT molecular complexity index is 918. The average molecular weight is 684 g/mol. The number of ether oxygens (including phenoxy) is 1. The van der Waals surface area contributed by atoms with Gasteiger partial charge in [-0.05, 0) is 57.8 Å². The van der Waals surface area contributed by atoms with Gasteiger partial charge in [0.15, 0.2) is 0 Å². The number of nitrogens with one attached hydrogen (secondary N) is 1. The summed E-state index contributed by atoms with van der Waals surface area (Å²) >= 11 is 0. The van der Waals surface area contributed by atoms with Crippen LogP contribution in [0.15, 0.2) is 48.6 Å². The first-order valence-corrected chi connectivity index (χ1v) is 19.6. The van der Waals surface area contributed by atoms with Crippen LogP contribution in [0, 0.1) is 0 Å². The number of allylic oxidation sites excluding steroid dienone is 8. The van der Waals surface area contributed by atoms with Crippen molar-refractivity contribution in [1.82, 2.24) is 5.32 Å². The smallest absolute Gasteiger partial charge is 0.463 e. The third-order valence-electron chi connectivity index (χ3n) is 7.26. The van der Waals surface area contributed by atoms with E-state index in [0.717, 1.165) is 57.8 Å². The first-order valence-electron chi connectivity index (χ1n) is 18.1. The number of aliphatic hydroxyl groups excluding tert-OH is 1. The van der Waals surface area contributed by atoms with Gasteiger partial charge in [0, 0.05) is 19.4 Å². The van der Waals surface area contributed by atoms with Crippen LogP contribution in [-0.2, 0) is 27.9 Å². The minimum absolute atomic E-state index is 0.0764. The molecule has 0 saturated carbocycles. The molecule has 0 bridgehead atoms. The number of hydrogen-bond donors (Lipinski definition) is 3. The summed E-state index contributed by atoms with van der Waals surface area (Å²) in [4.78, 5) is 33.5. The Labute approximate surface area is 285 Å². The molecule has 1 amide bonds. The van der Waals surface area contributed by atoms with E-state index in [0.29, 0.717) is 12.8 Å². The summed E-state index contributed by atoms with van der Waals surface area (Å²) < 4.78 is 26.6. The van der Waals surface area contributed by atoms with Crippen molar-refractivity contribution in [2.75, 3.05) is 26.4 Å². The van der Waals surface area contributed by atoms with Crippen LogP contribution in [0.3, 0.4) is 0 Å². The van der Waals surface area contributed by atoms with Gasteiger partial charge in [-0.1, -0.05) is 120 Å². The van der Waals surface area contributed by atoms with Crippen molar-refractivity contribution >= 4 is 19.7 Å². The zero-order valence-corrected chi connectivity index (χ0v) is 30.4. The Kier molecular flexibility index (Phi) is 32.4. The van der Waals surface area contributed by atoms with E-state index in [1.807, 2.05) is 0 Å². The average Bonchev–Trinajstić information content (AvgIpc) is 3.05. The van der Waals surface area contributed by atoms with E-state index in [1.165, 1.54) is 51.4 Å². The highest BCUT2D eigenvalue weighted by molar-refractivity contribution is 7.47. The normalized spacial score (nSPS) is 14.0. The highest BCUT2D eigenvalue weighted by Gasteiger charge is 2.23. The van der Waals surface area contributed by atoms with E-state index in [2.05, 4.69) is 67.8 Å². The molecule has 0 aromatic rings. The molecular formula is C37H66NO8P. The van der Waals surface area contributed by atoms with Gasteiger partial charge >= 0.3 is 13.8 Å². The highest BCUT2D eigenvalue weighted by atomic mass is 31.2. The molecule has 0 fully saturated rings. The molecule has 0 aliphatic carbocycles. The lowest BCUT2D eigenvalue weighted by Crippen LogP contribution is -2.27. The topological polar surface area (TPSA) is 131 Å². The van der Waals surface area contributed by atoms with Gasteiger partial charge in [-0.3, -0.25) is 18.6 Å². The predicted molar refractivity (Wildman–Crippen MR) is 192 cm³/mol. The summed E-state index contributed by atoms with van der Waals surface area (Å²) in [5.41, 5.74) is 0. The number of esters is 1. The molecule has 2 atom stereocenters. The summed E-state index contributed by atoms with van der Waals surface area (Å²) in [6.45, 7) is 3.41. The van der Waals surface area contributed by atoms with E-state index in [-0.39, 0.29) is 32.1 Å². The minimum Gasteiger partial charge on any atom is -0.463 e. The Morgan fingerprint density at radius 3 is 1.77 bits per heavy atom. The van der Waals surface area contributed by atoms with Crippen LogP contribution < -0.4 is 5.32 Å². The molecule has 0 saturated heterocycles. The molecule has 0 aromatic carbocycles. The van der Waals surface area contributed by atoms with Gasteiger partial charge in [0.25, 0.3) is 0 Å². The molecule has 0 rings (SSSR count). The first-order chi connectivity index (χ1) is 22.8. The van der Waals surface area contributed by atoms with Crippen LogP contribution in [0.4, 0.5) is 0 Å². The van der Waals surface area contributed by atoms with Gasteiger partial charge in [-0.2, -0.15) is 0 Å². The lowest BCUT2D eigenvalue weighted by Gasteiger charge is -2.15. The largest absolute Gasteiger partial charge is 0.472 e. The number of phosphoric ester groups is 1. The molecule has 2 unspecified atom stereocenters. The molecule has 10 heteroatoms. The predicted octanol–water partition coefficient (Wildman–Crippen LogP) is 9.21. The zero-order valence-electron chi connectivity index (χ0n) is 29.5. The van der Waals surface area contributed by atoms with Crippen LogP contribution in [0.25, 0.3) is 0 Å². The van der Waals surface area contributed by atoms with E-state index < -0.39 is 26.5 Å². The third-order valence-corrected chi connectivity index (χ3v) is 8.25. The van der Waals surface area contributed by atoms with Crippen molar-refractivity contribution in [3.63, 3.8) is 0 Å². The molecule has 272 valence electrons. The fraction of sp³-hybridized carbons (Fsp3) is 0.730. The molecule has 0 aliphatic rings. The Morgan fingerprint density at radius 2 is 1.15 bits per heavy atom. The van der Waals surface area contributed by atoms with Gasteiger partial charge in [0.1, 0.15) is 12.7 Å².